The summed E-state index contributed by atoms with van der Waals surface area (Å²) in [5.74, 6) is 1.90. The normalized spacial score (nSPS) is 10.8. The summed E-state index contributed by atoms with van der Waals surface area (Å²) in [5, 5.41) is 7.77. The molecule has 0 aliphatic carbocycles. The highest BCUT2D eigenvalue weighted by atomic mass is 16.4. The number of aryl methyl sites for hydroxylation is 1. The first-order chi connectivity index (χ1) is 9.22. The maximum Gasteiger partial charge on any atom is 0.235 e. The van der Waals surface area contributed by atoms with Crippen LogP contribution in [0.2, 0.25) is 0 Å². The lowest BCUT2D eigenvalue weighted by Crippen LogP contribution is -2.18. The predicted octanol–water partition coefficient (Wildman–Crippen LogP) is 1.96. The minimum atomic E-state index is 0.508. The zero-order valence-corrected chi connectivity index (χ0v) is 10.7. The Hall–Kier alpha value is -2.50. The number of anilines is 1. The van der Waals surface area contributed by atoms with Gasteiger partial charge in [0.25, 0.3) is 0 Å². The van der Waals surface area contributed by atoms with Gasteiger partial charge in [0.1, 0.15) is 5.82 Å². The van der Waals surface area contributed by atoms with Gasteiger partial charge in [-0.1, -0.05) is 12.1 Å². The van der Waals surface area contributed by atoms with Crippen molar-refractivity contribution in [3.8, 4) is 0 Å². The monoisotopic (exact) mass is 255 g/mol. The lowest BCUT2D eigenvalue weighted by atomic mass is 10.3. The van der Waals surface area contributed by atoms with Crippen LogP contribution in [0.5, 0.6) is 0 Å². The van der Waals surface area contributed by atoms with Crippen LogP contribution in [0.4, 0.5) is 5.82 Å². The van der Waals surface area contributed by atoms with E-state index in [0.29, 0.717) is 18.3 Å². The average molecular weight is 255 g/mol. The third-order valence-electron chi connectivity index (χ3n) is 2.77. The molecule has 0 saturated heterocycles. The van der Waals surface area contributed by atoms with E-state index in [1.807, 2.05) is 36.2 Å². The molecule has 2 heterocycles. The zero-order chi connectivity index (χ0) is 13.2. The molecule has 19 heavy (non-hydrogen) atoms. The molecule has 0 amide bonds. The Balaban J connectivity index is 1.86. The topological polar surface area (TPSA) is 67.9 Å². The van der Waals surface area contributed by atoms with Crippen molar-refractivity contribution in [2.75, 3.05) is 11.9 Å². The Kier molecular flexibility index (Phi) is 2.83. The van der Waals surface area contributed by atoms with E-state index >= 15 is 0 Å². The van der Waals surface area contributed by atoms with Gasteiger partial charge in [-0.15, -0.1) is 10.2 Å². The molecule has 0 radical (unpaired) electrons. The van der Waals surface area contributed by atoms with Gasteiger partial charge in [0.05, 0.1) is 23.8 Å². The Morgan fingerprint density at radius 3 is 2.68 bits per heavy atom. The van der Waals surface area contributed by atoms with Crippen LogP contribution in [0.15, 0.2) is 34.9 Å². The van der Waals surface area contributed by atoms with Crippen molar-refractivity contribution >= 4 is 16.9 Å². The number of aromatic nitrogens is 4. The van der Waals surface area contributed by atoms with E-state index in [-0.39, 0.29) is 0 Å². The molecule has 0 spiro atoms. The van der Waals surface area contributed by atoms with Crippen molar-refractivity contribution < 1.29 is 4.42 Å². The fourth-order valence-corrected chi connectivity index (χ4v) is 1.82. The van der Waals surface area contributed by atoms with Crippen LogP contribution in [-0.4, -0.2) is 27.2 Å². The Labute approximate surface area is 110 Å². The summed E-state index contributed by atoms with van der Waals surface area (Å²) >= 11 is 0. The van der Waals surface area contributed by atoms with E-state index in [1.165, 1.54) is 0 Å². The van der Waals surface area contributed by atoms with Gasteiger partial charge >= 0.3 is 0 Å². The molecule has 3 rings (SSSR count). The van der Waals surface area contributed by atoms with Crippen LogP contribution in [0.3, 0.4) is 0 Å². The molecule has 96 valence electrons. The minimum Gasteiger partial charge on any atom is -0.424 e. The van der Waals surface area contributed by atoms with Gasteiger partial charge < -0.3 is 9.32 Å². The van der Waals surface area contributed by atoms with E-state index in [0.717, 1.165) is 16.9 Å². The van der Waals surface area contributed by atoms with E-state index in [4.69, 9.17) is 4.42 Å². The summed E-state index contributed by atoms with van der Waals surface area (Å²) in [6.45, 7) is 2.28. The molecule has 0 saturated carbocycles. The smallest absolute Gasteiger partial charge is 0.235 e. The van der Waals surface area contributed by atoms with Crippen molar-refractivity contribution in [2.45, 2.75) is 13.5 Å². The SMILES string of the molecule is Cc1nnc(CN(C)c2cnc3ccccc3n2)o1. The van der Waals surface area contributed by atoms with Gasteiger partial charge in [0.15, 0.2) is 0 Å². The molecule has 0 fully saturated rings. The van der Waals surface area contributed by atoms with E-state index in [9.17, 15) is 0 Å². The summed E-state index contributed by atoms with van der Waals surface area (Å²) in [6, 6.07) is 7.77. The molecule has 6 heteroatoms. The molecule has 2 aromatic heterocycles. The van der Waals surface area contributed by atoms with Crippen LogP contribution in [0.1, 0.15) is 11.8 Å². The quantitative estimate of drug-likeness (QED) is 0.712. The molecule has 0 bridgehead atoms. The summed E-state index contributed by atoms with van der Waals surface area (Å²) in [5.41, 5.74) is 1.75. The van der Waals surface area contributed by atoms with Crippen LogP contribution in [-0.2, 0) is 6.54 Å². The van der Waals surface area contributed by atoms with Gasteiger partial charge in [0, 0.05) is 14.0 Å². The van der Waals surface area contributed by atoms with Crippen molar-refractivity contribution in [1.82, 2.24) is 20.2 Å². The zero-order valence-electron chi connectivity index (χ0n) is 10.7. The molecule has 0 atom stereocenters. The van der Waals surface area contributed by atoms with E-state index < -0.39 is 0 Å². The number of hydrogen-bond donors (Lipinski definition) is 0. The van der Waals surface area contributed by atoms with Gasteiger partial charge in [-0.05, 0) is 12.1 Å². The van der Waals surface area contributed by atoms with Crippen LogP contribution >= 0.6 is 0 Å². The highest BCUT2D eigenvalue weighted by Gasteiger charge is 2.09. The maximum absolute atomic E-state index is 5.35. The minimum absolute atomic E-state index is 0.508. The molecule has 6 nitrogen and oxygen atoms in total. The third kappa shape index (κ3) is 2.37. The summed E-state index contributed by atoms with van der Waals surface area (Å²) < 4.78 is 5.35. The third-order valence-corrected chi connectivity index (χ3v) is 2.77. The molecular formula is C13H13N5O. The van der Waals surface area contributed by atoms with Crippen molar-refractivity contribution in [1.29, 1.82) is 0 Å². The average Bonchev–Trinajstić information content (AvgIpc) is 2.83. The van der Waals surface area contributed by atoms with Gasteiger partial charge in [0.2, 0.25) is 11.8 Å². The number of benzene rings is 1. The molecule has 0 N–H and O–H groups in total. The van der Waals surface area contributed by atoms with Crippen LogP contribution < -0.4 is 4.90 Å². The maximum atomic E-state index is 5.35. The number of hydrogen-bond acceptors (Lipinski definition) is 6. The summed E-state index contributed by atoms with van der Waals surface area (Å²) in [6.07, 6.45) is 1.74. The highest BCUT2D eigenvalue weighted by molar-refractivity contribution is 5.75. The molecule has 0 aliphatic rings. The second-order valence-electron chi connectivity index (χ2n) is 4.29. The Bertz CT molecular complexity index is 709. The van der Waals surface area contributed by atoms with Crippen molar-refractivity contribution in [3.63, 3.8) is 0 Å². The molecule has 3 aromatic rings. The van der Waals surface area contributed by atoms with Crippen LogP contribution in [0.25, 0.3) is 11.0 Å². The lowest BCUT2D eigenvalue weighted by molar-refractivity contribution is 0.465. The lowest BCUT2D eigenvalue weighted by Gasteiger charge is -2.15. The predicted molar refractivity (Wildman–Crippen MR) is 70.7 cm³/mol. The van der Waals surface area contributed by atoms with Crippen LogP contribution in [0, 0.1) is 6.92 Å². The Morgan fingerprint density at radius 1 is 1.16 bits per heavy atom. The molecule has 0 aliphatic heterocycles. The first kappa shape index (κ1) is 11.6. The first-order valence-corrected chi connectivity index (χ1v) is 5.94. The van der Waals surface area contributed by atoms with Crippen molar-refractivity contribution in [2.24, 2.45) is 0 Å². The summed E-state index contributed by atoms with van der Waals surface area (Å²) in [4.78, 5) is 10.9. The van der Waals surface area contributed by atoms with E-state index in [1.54, 1.807) is 13.1 Å². The highest BCUT2D eigenvalue weighted by Crippen LogP contribution is 2.15. The standard InChI is InChI=1S/C13H13N5O/c1-9-16-17-13(19-9)8-18(2)12-7-14-10-5-3-4-6-11(10)15-12/h3-7H,8H2,1-2H3. The van der Waals surface area contributed by atoms with Crippen molar-refractivity contribution in [3.05, 3.63) is 42.2 Å². The number of nitrogens with zero attached hydrogens (tertiary/aromatic N) is 5. The number of rotatable bonds is 3. The fraction of sp³-hybridized carbons (Fsp3) is 0.231. The van der Waals surface area contributed by atoms with E-state index in [2.05, 4.69) is 20.2 Å². The Morgan fingerprint density at radius 2 is 1.95 bits per heavy atom. The number of para-hydroxylation sites is 2. The fourth-order valence-electron chi connectivity index (χ4n) is 1.82. The second-order valence-corrected chi connectivity index (χ2v) is 4.29. The largest absolute Gasteiger partial charge is 0.424 e. The first-order valence-electron chi connectivity index (χ1n) is 5.94. The second kappa shape index (κ2) is 4.64. The van der Waals surface area contributed by atoms with Gasteiger partial charge in [-0.25, -0.2) is 4.98 Å². The molecule has 0 unspecified atom stereocenters. The summed E-state index contributed by atoms with van der Waals surface area (Å²) in [7, 11) is 1.92. The van der Waals surface area contributed by atoms with Gasteiger partial charge in [-0.2, -0.15) is 0 Å². The molecular weight excluding hydrogens is 242 g/mol. The van der Waals surface area contributed by atoms with Gasteiger partial charge in [-0.3, -0.25) is 4.98 Å². The molecule has 1 aromatic carbocycles. The number of fused-ring (bicyclic) bond motifs is 1.